The summed E-state index contributed by atoms with van der Waals surface area (Å²) in [6, 6.07) is -1.10. The Balaban J connectivity index is 1.78. The Bertz CT molecular complexity index is 1300. The summed E-state index contributed by atoms with van der Waals surface area (Å²) < 4.78 is 44.3. The fourth-order valence-corrected chi connectivity index (χ4v) is 5.46. The zero-order chi connectivity index (χ0) is 32.1. The van der Waals surface area contributed by atoms with E-state index in [1.165, 1.54) is 19.2 Å². The number of nitrogens with zero attached hydrogens (tertiary/aromatic N) is 4. The van der Waals surface area contributed by atoms with Gasteiger partial charge in [-0.15, -0.1) is 11.3 Å². The van der Waals surface area contributed by atoms with Crippen molar-refractivity contribution in [2.75, 3.05) is 7.05 Å². The van der Waals surface area contributed by atoms with Crippen LogP contribution in [0, 0.1) is 17.8 Å². The predicted octanol–water partition coefficient (Wildman–Crippen LogP) is 4.29. The molecular formula is C28H36F3N5O6S. The number of carbonyl (C=O) groups excluding carboxylic acids is 3. The molecule has 0 spiro atoms. The molecule has 2 amide bonds. The van der Waals surface area contributed by atoms with Gasteiger partial charge in [-0.05, 0) is 25.2 Å². The Kier molecular flexibility index (Phi) is 11.2. The van der Waals surface area contributed by atoms with Gasteiger partial charge in [-0.3, -0.25) is 19.2 Å². The number of halogens is 3. The normalized spacial score (nSPS) is 16.2. The number of hydrogen-bond acceptors (Lipinski definition) is 9. The Morgan fingerprint density at radius 2 is 1.77 bits per heavy atom. The minimum atomic E-state index is -4.62. The van der Waals surface area contributed by atoms with Crippen molar-refractivity contribution in [3.05, 3.63) is 39.9 Å². The van der Waals surface area contributed by atoms with Crippen molar-refractivity contribution in [2.24, 2.45) is 17.8 Å². The molecule has 2 aromatic heterocycles. The largest absolute Gasteiger partial charge is 0.481 e. The van der Waals surface area contributed by atoms with Crippen molar-refractivity contribution in [2.45, 2.75) is 84.2 Å². The van der Waals surface area contributed by atoms with Crippen LogP contribution in [0.25, 0.3) is 0 Å². The third kappa shape index (κ3) is 9.70. The minimum absolute atomic E-state index is 0.00521. The lowest BCUT2D eigenvalue weighted by molar-refractivity contribution is -0.148. The summed E-state index contributed by atoms with van der Waals surface area (Å²) in [5.41, 5.74) is -1.04. The van der Waals surface area contributed by atoms with Gasteiger partial charge in [0.15, 0.2) is 6.10 Å². The van der Waals surface area contributed by atoms with Gasteiger partial charge < -0.3 is 20.1 Å². The van der Waals surface area contributed by atoms with E-state index >= 15 is 0 Å². The van der Waals surface area contributed by atoms with Crippen LogP contribution in [0.4, 0.5) is 13.2 Å². The number of thiazole rings is 1. The molecule has 0 bridgehead atoms. The van der Waals surface area contributed by atoms with E-state index in [9.17, 15) is 37.5 Å². The van der Waals surface area contributed by atoms with E-state index in [2.05, 4.69) is 20.3 Å². The Morgan fingerprint density at radius 3 is 2.28 bits per heavy atom. The van der Waals surface area contributed by atoms with Gasteiger partial charge in [0.2, 0.25) is 5.91 Å². The minimum Gasteiger partial charge on any atom is -0.481 e. The highest BCUT2D eigenvalue weighted by atomic mass is 32.1. The average Bonchev–Trinajstić information content (AvgIpc) is 3.65. The fraction of sp³-hybridized carbons (Fsp3) is 0.607. The molecule has 1 aliphatic carbocycles. The van der Waals surface area contributed by atoms with Crippen LogP contribution in [0.3, 0.4) is 0 Å². The number of aromatic nitrogens is 3. The summed E-state index contributed by atoms with van der Waals surface area (Å²) in [5, 5.41) is 13.9. The van der Waals surface area contributed by atoms with Gasteiger partial charge in [0, 0.05) is 62.6 Å². The number of aliphatic carboxylic acids is 1. The number of amides is 2. The van der Waals surface area contributed by atoms with Crippen LogP contribution in [0.5, 0.6) is 0 Å². The molecule has 0 radical (unpaired) electrons. The lowest BCUT2D eigenvalue weighted by atomic mass is 9.96. The lowest BCUT2D eigenvalue weighted by Crippen LogP contribution is -2.42. The third-order valence-corrected chi connectivity index (χ3v) is 8.13. The first-order chi connectivity index (χ1) is 20.1. The quantitative estimate of drug-likeness (QED) is 0.292. The van der Waals surface area contributed by atoms with Gasteiger partial charge in [0.1, 0.15) is 16.5 Å². The number of nitrogens with one attached hydrogen (secondary N) is 1. The van der Waals surface area contributed by atoms with E-state index in [1.807, 2.05) is 13.8 Å². The maximum Gasteiger partial charge on any atom is 0.419 e. The number of esters is 1. The van der Waals surface area contributed by atoms with Crippen LogP contribution in [-0.2, 0) is 31.7 Å². The van der Waals surface area contributed by atoms with Crippen LogP contribution in [0.15, 0.2) is 17.8 Å². The molecule has 1 fully saturated rings. The molecule has 3 rings (SSSR count). The number of ether oxygens (including phenoxy) is 1. The second-order valence-electron chi connectivity index (χ2n) is 11.2. The standard InChI is InChI=1S/C28H36F3N5O6S/c1-14(2)21(36(5)26(39)17-6-7-17)10-22(42-16(4)37)25-35-20(13-43-25)24(38)34-19(8-15(3)27(40)41)9-23-32-11-18(12-33-23)28(29,30)31/h11-15,17,19,21-22H,6-10H2,1-5H3,(H,34,38)(H,40,41). The van der Waals surface area contributed by atoms with Crippen molar-refractivity contribution in [3.8, 4) is 0 Å². The van der Waals surface area contributed by atoms with E-state index < -0.39 is 47.6 Å². The Labute approximate surface area is 251 Å². The first-order valence-electron chi connectivity index (χ1n) is 13.9. The highest BCUT2D eigenvalue weighted by molar-refractivity contribution is 7.09. The molecule has 236 valence electrons. The maximum atomic E-state index is 13.2. The second kappa shape index (κ2) is 14.2. The number of carboxylic acid groups (broad SMARTS) is 1. The summed E-state index contributed by atoms with van der Waals surface area (Å²) in [4.78, 5) is 62.9. The Hall–Kier alpha value is -3.62. The number of rotatable bonds is 14. The van der Waals surface area contributed by atoms with E-state index in [0.717, 1.165) is 24.2 Å². The third-order valence-electron chi connectivity index (χ3n) is 7.19. The number of carbonyl (C=O) groups is 4. The highest BCUT2D eigenvalue weighted by Gasteiger charge is 2.37. The summed E-state index contributed by atoms with van der Waals surface area (Å²) in [5.74, 6) is -3.12. The molecule has 11 nitrogen and oxygen atoms in total. The molecule has 0 saturated heterocycles. The van der Waals surface area contributed by atoms with Gasteiger partial charge in [-0.25, -0.2) is 15.0 Å². The van der Waals surface area contributed by atoms with Crippen molar-refractivity contribution in [1.82, 2.24) is 25.2 Å². The smallest absolute Gasteiger partial charge is 0.419 e. The summed E-state index contributed by atoms with van der Waals surface area (Å²) in [7, 11) is 1.73. The van der Waals surface area contributed by atoms with Crippen molar-refractivity contribution < 1.29 is 42.2 Å². The zero-order valence-electron chi connectivity index (χ0n) is 24.6. The van der Waals surface area contributed by atoms with Gasteiger partial charge in [0.25, 0.3) is 5.91 Å². The van der Waals surface area contributed by atoms with E-state index in [4.69, 9.17) is 4.74 Å². The number of carboxylic acids is 1. The molecule has 1 aliphatic rings. The van der Waals surface area contributed by atoms with E-state index in [0.29, 0.717) is 17.4 Å². The first-order valence-corrected chi connectivity index (χ1v) is 14.8. The van der Waals surface area contributed by atoms with Gasteiger partial charge >= 0.3 is 18.1 Å². The van der Waals surface area contributed by atoms with Crippen LogP contribution in [-0.4, -0.2) is 67.8 Å². The monoisotopic (exact) mass is 627 g/mol. The number of hydrogen-bond donors (Lipinski definition) is 2. The molecule has 43 heavy (non-hydrogen) atoms. The average molecular weight is 628 g/mol. The number of alkyl halides is 3. The van der Waals surface area contributed by atoms with Gasteiger partial charge in [-0.1, -0.05) is 20.8 Å². The summed E-state index contributed by atoms with van der Waals surface area (Å²) in [6.07, 6.45) is -2.38. The van der Waals surface area contributed by atoms with Crippen LogP contribution >= 0.6 is 11.3 Å². The molecule has 1 saturated carbocycles. The van der Waals surface area contributed by atoms with Crippen molar-refractivity contribution in [3.63, 3.8) is 0 Å². The van der Waals surface area contributed by atoms with Crippen LogP contribution in [0.2, 0.25) is 0 Å². The van der Waals surface area contributed by atoms with Gasteiger partial charge in [-0.2, -0.15) is 13.2 Å². The maximum absolute atomic E-state index is 13.2. The van der Waals surface area contributed by atoms with Crippen molar-refractivity contribution >= 4 is 35.1 Å². The lowest BCUT2D eigenvalue weighted by Gasteiger charge is -2.33. The SMILES string of the molecule is CC(=O)OC(CC(C(C)C)N(C)C(=O)C1CC1)c1nc(C(=O)NC(Cc2ncc(C(F)(F)F)cn2)CC(C)C(=O)O)cs1. The zero-order valence-corrected chi connectivity index (χ0v) is 25.4. The van der Waals surface area contributed by atoms with Crippen LogP contribution < -0.4 is 5.32 Å². The predicted molar refractivity (Wildman–Crippen MR) is 149 cm³/mol. The topological polar surface area (TPSA) is 152 Å². The fourth-order valence-electron chi connectivity index (χ4n) is 4.63. The Morgan fingerprint density at radius 1 is 1.14 bits per heavy atom. The summed E-state index contributed by atoms with van der Waals surface area (Å²) >= 11 is 1.10. The molecule has 2 N–H and O–H groups in total. The second-order valence-corrected chi connectivity index (χ2v) is 12.1. The molecule has 0 aromatic carbocycles. The molecule has 2 aromatic rings. The molecule has 2 heterocycles. The van der Waals surface area contributed by atoms with E-state index in [-0.39, 0.29) is 54.6 Å². The molecule has 4 atom stereocenters. The summed E-state index contributed by atoms with van der Waals surface area (Å²) in [6.45, 7) is 6.63. The molecule has 15 heteroatoms. The van der Waals surface area contributed by atoms with E-state index in [1.54, 1.807) is 11.9 Å². The van der Waals surface area contributed by atoms with Crippen LogP contribution in [0.1, 0.15) is 86.4 Å². The first kappa shape index (κ1) is 33.9. The molecule has 0 aliphatic heterocycles. The molecule has 4 unspecified atom stereocenters. The highest BCUT2D eigenvalue weighted by Crippen LogP contribution is 2.35. The molecular weight excluding hydrogens is 591 g/mol. The van der Waals surface area contributed by atoms with Crippen molar-refractivity contribution in [1.29, 1.82) is 0 Å². The van der Waals surface area contributed by atoms with Gasteiger partial charge in [0.05, 0.1) is 11.5 Å².